The Hall–Kier alpha value is -2.13. The summed E-state index contributed by atoms with van der Waals surface area (Å²) in [6.07, 6.45) is 0.862. The first-order valence-corrected chi connectivity index (χ1v) is 8.78. The third-order valence-electron chi connectivity index (χ3n) is 4.43. The van der Waals surface area contributed by atoms with Crippen molar-refractivity contribution in [3.8, 4) is 0 Å². The summed E-state index contributed by atoms with van der Waals surface area (Å²) in [6.45, 7) is 8.94. The lowest BCUT2D eigenvalue weighted by Crippen LogP contribution is -2.47. The summed E-state index contributed by atoms with van der Waals surface area (Å²) < 4.78 is 0. The highest BCUT2D eigenvalue weighted by Gasteiger charge is 2.23. The van der Waals surface area contributed by atoms with Crippen molar-refractivity contribution in [2.45, 2.75) is 33.2 Å². The van der Waals surface area contributed by atoms with Crippen LogP contribution >= 0.6 is 0 Å². The van der Waals surface area contributed by atoms with Gasteiger partial charge in [0.05, 0.1) is 6.67 Å². The van der Waals surface area contributed by atoms with E-state index in [1.807, 2.05) is 41.3 Å². The van der Waals surface area contributed by atoms with Gasteiger partial charge in [0.15, 0.2) is 0 Å². The SMILES string of the molecule is CCN(CC)CN(C(=O)c1ccccc1)C(C)Cc1ccccc1. The van der Waals surface area contributed by atoms with Crippen LogP contribution in [-0.2, 0) is 6.42 Å². The van der Waals surface area contributed by atoms with Gasteiger partial charge in [-0.15, -0.1) is 0 Å². The van der Waals surface area contributed by atoms with Gasteiger partial charge in [0.1, 0.15) is 0 Å². The van der Waals surface area contributed by atoms with Gasteiger partial charge in [0.25, 0.3) is 5.91 Å². The number of hydrogen-bond donors (Lipinski definition) is 0. The van der Waals surface area contributed by atoms with Crippen LogP contribution in [0.15, 0.2) is 60.7 Å². The van der Waals surface area contributed by atoms with Crippen LogP contribution in [-0.4, -0.2) is 41.5 Å². The Kier molecular flexibility index (Phi) is 7.01. The highest BCUT2D eigenvalue weighted by atomic mass is 16.2. The first kappa shape index (κ1) is 18.2. The minimum Gasteiger partial charge on any atom is -0.323 e. The predicted octanol–water partition coefficient (Wildman–Crippen LogP) is 4.06. The quantitative estimate of drug-likeness (QED) is 0.684. The lowest BCUT2D eigenvalue weighted by Gasteiger charge is -2.34. The van der Waals surface area contributed by atoms with Crippen LogP contribution in [0.4, 0.5) is 0 Å². The maximum atomic E-state index is 13.0. The number of nitrogens with zero attached hydrogens (tertiary/aromatic N) is 2. The van der Waals surface area contributed by atoms with Gasteiger partial charge in [-0.05, 0) is 44.1 Å². The first-order valence-electron chi connectivity index (χ1n) is 8.78. The summed E-state index contributed by atoms with van der Waals surface area (Å²) in [6, 6.07) is 20.1. The van der Waals surface area contributed by atoms with Crippen molar-refractivity contribution in [1.29, 1.82) is 0 Å². The lowest BCUT2D eigenvalue weighted by atomic mass is 10.1. The first-order chi connectivity index (χ1) is 11.7. The molecule has 0 bridgehead atoms. The highest BCUT2D eigenvalue weighted by molar-refractivity contribution is 5.94. The maximum Gasteiger partial charge on any atom is 0.255 e. The standard InChI is InChI=1S/C21H28N2O/c1-4-22(5-2)17-23(21(24)20-14-10-7-11-15-20)18(3)16-19-12-8-6-9-13-19/h6-15,18H,4-5,16-17H2,1-3H3. The number of benzene rings is 2. The average molecular weight is 324 g/mol. The van der Waals surface area contributed by atoms with Gasteiger partial charge >= 0.3 is 0 Å². The highest BCUT2D eigenvalue weighted by Crippen LogP contribution is 2.14. The van der Waals surface area contributed by atoms with Gasteiger partial charge < -0.3 is 4.90 Å². The monoisotopic (exact) mass is 324 g/mol. The Morgan fingerprint density at radius 2 is 1.46 bits per heavy atom. The van der Waals surface area contributed by atoms with Crippen molar-refractivity contribution in [2.75, 3.05) is 19.8 Å². The fourth-order valence-corrected chi connectivity index (χ4v) is 2.85. The largest absolute Gasteiger partial charge is 0.323 e. The maximum absolute atomic E-state index is 13.0. The second-order valence-electron chi connectivity index (χ2n) is 6.12. The summed E-state index contributed by atoms with van der Waals surface area (Å²) in [5, 5.41) is 0. The zero-order valence-electron chi connectivity index (χ0n) is 15.0. The molecule has 3 nitrogen and oxygen atoms in total. The third kappa shape index (κ3) is 4.93. The van der Waals surface area contributed by atoms with Gasteiger partial charge in [-0.3, -0.25) is 9.69 Å². The Morgan fingerprint density at radius 1 is 0.917 bits per heavy atom. The minimum atomic E-state index is 0.103. The van der Waals surface area contributed by atoms with Crippen LogP contribution in [0.3, 0.4) is 0 Å². The number of hydrogen-bond acceptors (Lipinski definition) is 2. The zero-order chi connectivity index (χ0) is 17.4. The summed E-state index contributed by atoms with van der Waals surface area (Å²) in [5.41, 5.74) is 2.01. The number of carbonyl (C=O) groups excluding carboxylic acids is 1. The molecule has 0 radical (unpaired) electrons. The molecule has 1 amide bonds. The molecule has 0 aromatic heterocycles. The summed E-state index contributed by atoms with van der Waals surface area (Å²) in [7, 11) is 0. The van der Waals surface area contributed by atoms with E-state index < -0.39 is 0 Å². The van der Waals surface area contributed by atoms with Gasteiger partial charge in [-0.25, -0.2) is 0 Å². The van der Waals surface area contributed by atoms with Crippen LogP contribution < -0.4 is 0 Å². The molecule has 0 aliphatic carbocycles. The van der Waals surface area contributed by atoms with E-state index >= 15 is 0 Å². The molecule has 2 rings (SSSR count). The van der Waals surface area contributed by atoms with E-state index in [9.17, 15) is 4.79 Å². The molecule has 1 atom stereocenters. The Balaban J connectivity index is 2.19. The molecule has 24 heavy (non-hydrogen) atoms. The molecule has 0 heterocycles. The number of carbonyl (C=O) groups is 1. The van der Waals surface area contributed by atoms with Crippen molar-refractivity contribution in [2.24, 2.45) is 0 Å². The minimum absolute atomic E-state index is 0.103. The number of amides is 1. The van der Waals surface area contributed by atoms with Crippen LogP contribution in [0.5, 0.6) is 0 Å². The smallest absolute Gasteiger partial charge is 0.255 e. The van der Waals surface area contributed by atoms with E-state index in [1.54, 1.807) is 0 Å². The molecule has 2 aromatic carbocycles. The van der Waals surface area contributed by atoms with Crippen molar-refractivity contribution in [3.05, 3.63) is 71.8 Å². The zero-order valence-corrected chi connectivity index (χ0v) is 15.0. The third-order valence-corrected chi connectivity index (χ3v) is 4.43. The number of rotatable bonds is 8. The molecule has 1 unspecified atom stereocenters. The van der Waals surface area contributed by atoms with Crippen molar-refractivity contribution in [1.82, 2.24) is 9.80 Å². The molecule has 0 saturated carbocycles. The lowest BCUT2D eigenvalue weighted by molar-refractivity contribution is 0.0539. The van der Waals surface area contributed by atoms with E-state index in [2.05, 4.69) is 49.9 Å². The topological polar surface area (TPSA) is 23.6 Å². The van der Waals surface area contributed by atoms with E-state index in [0.29, 0.717) is 6.67 Å². The molecule has 3 heteroatoms. The summed E-state index contributed by atoms with van der Waals surface area (Å²) >= 11 is 0. The van der Waals surface area contributed by atoms with Crippen molar-refractivity contribution < 1.29 is 4.79 Å². The molecule has 0 spiro atoms. The molecule has 2 aromatic rings. The molecule has 0 fully saturated rings. The normalized spacial score (nSPS) is 12.2. The van der Waals surface area contributed by atoms with Crippen LogP contribution in [0, 0.1) is 0 Å². The molecule has 0 N–H and O–H groups in total. The van der Waals surface area contributed by atoms with Crippen LogP contribution in [0.2, 0.25) is 0 Å². The average Bonchev–Trinajstić information content (AvgIpc) is 2.63. The Bertz CT molecular complexity index is 608. The van der Waals surface area contributed by atoms with E-state index in [0.717, 1.165) is 25.1 Å². The van der Waals surface area contributed by atoms with Gasteiger partial charge in [0, 0.05) is 11.6 Å². The molecule has 0 aliphatic heterocycles. The Labute approximate surface area is 145 Å². The van der Waals surface area contributed by atoms with E-state index in [1.165, 1.54) is 5.56 Å². The summed E-state index contributed by atoms with van der Waals surface area (Å²) in [5.74, 6) is 0.103. The fraction of sp³-hybridized carbons (Fsp3) is 0.381. The molecule has 0 aliphatic rings. The molecule has 128 valence electrons. The van der Waals surface area contributed by atoms with Crippen molar-refractivity contribution in [3.63, 3.8) is 0 Å². The van der Waals surface area contributed by atoms with Crippen LogP contribution in [0.25, 0.3) is 0 Å². The summed E-state index contributed by atoms with van der Waals surface area (Å²) in [4.78, 5) is 17.3. The molecular weight excluding hydrogens is 296 g/mol. The van der Waals surface area contributed by atoms with E-state index in [4.69, 9.17) is 0 Å². The second kappa shape index (κ2) is 9.24. The van der Waals surface area contributed by atoms with Crippen LogP contribution in [0.1, 0.15) is 36.7 Å². The molecule has 0 saturated heterocycles. The molecular formula is C21H28N2O. The van der Waals surface area contributed by atoms with Gasteiger partial charge in [-0.2, -0.15) is 0 Å². The Morgan fingerprint density at radius 3 is 2.00 bits per heavy atom. The van der Waals surface area contributed by atoms with E-state index in [-0.39, 0.29) is 11.9 Å². The fourth-order valence-electron chi connectivity index (χ4n) is 2.85. The van der Waals surface area contributed by atoms with Gasteiger partial charge in [-0.1, -0.05) is 62.4 Å². The second-order valence-corrected chi connectivity index (χ2v) is 6.12. The predicted molar refractivity (Wildman–Crippen MR) is 100 cm³/mol. The van der Waals surface area contributed by atoms with Gasteiger partial charge in [0.2, 0.25) is 0 Å². The van der Waals surface area contributed by atoms with Crippen molar-refractivity contribution >= 4 is 5.91 Å².